The minimum absolute atomic E-state index is 0.0566. The summed E-state index contributed by atoms with van der Waals surface area (Å²) in [5.41, 5.74) is 1.25. The second-order valence-corrected chi connectivity index (χ2v) is 7.75. The van der Waals surface area contributed by atoms with Gasteiger partial charge in [-0.1, -0.05) is 11.8 Å². The van der Waals surface area contributed by atoms with Gasteiger partial charge in [0.15, 0.2) is 0 Å². The van der Waals surface area contributed by atoms with E-state index in [0.29, 0.717) is 6.61 Å². The molecule has 28 heavy (non-hydrogen) atoms. The maximum atomic E-state index is 11.9. The number of hydrogen-bond donors (Lipinski definition) is 1. The van der Waals surface area contributed by atoms with Gasteiger partial charge in [0, 0.05) is 17.1 Å². The van der Waals surface area contributed by atoms with Gasteiger partial charge in [0.05, 0.1) is 25.3 Å². The Labute approximate surface area is 165 Å². The third-order valence-electron chi connectivity index (χ3n) is 4.31. The van der Waals surface area contributed by atoms with Crippen molar-refractivity contribution in [2.24, 2.45) is 0 Å². The number of carbonyl (C=O) groups is 1. The summed E-state index contributed by atoms with van der Waals surface area (Å²) in [4.78, 5) is 16.2. The average Bonchev–Trinajstić information content (AvgIpc) is 2.65. The third-order valence-corrected chi connectivity index (χ3v) is 4.31. The summed E-state index contributed by atoms with van der Waals surface area (Å²) in [7, 11) is 1.64. The van der Waals surface area contributed by atoms with E-state index in [4.69, 9.17) is 14.2 Å². The van der Waals surface area contributed by atoms with Crippen molar-refractivity contribution in [3.05, 3.63) is 36.0 Å². The molecule has 1 amide bonds. The van der Waals surface area contributed by atoms with Crippen LogP contribution in [0.1, 0.15) is 39.2 Å². The molecule has 2 heterocycles. The van der Waals surface area contributed by atoms with Crippen molar-refractivity contribution in [3.8, 4) is 17.6 Å². The molecule has 0 aliphatic carbocycles. The van der Waals surface area contributed by atoms with E-state index in [1.807, 2.05) is 45.0 Å². The van der Waals surface area contributed by atoms with Crippen LogP contribution < -0.4 is 10.1 Å². The zero-order valence-corrected chi connectivity index (χ0v) is 16.7. The van der Waals surface area contributed by atoms with Crippen molar-refractivity contribution in [2.75, 3.05) is 13.7 Å². The summed E-state index contributed by atoms with van der Waals surface area (Å²) in [6.45, 7) is 5.94. The molecule has 1 aromatic carbocycles. The smallest absolute Gasteiger partial charge is 0.407 e. The standard InChI is InChI=1S/C22H26N2O4/c1-22(2,3)28-21(25)24-16-6-8-17(27-14-16)7-5-15-11-12-23-20-10-9-18(26-4)13-19(15)20/h9-13,16-17H,6,8,14H2,1-4H3,(H,24,25)/t16-,17-/m1/s1. The molecule has 0 spiro atoms. The molecule has 1 aliphatic rings. The highest BCUT2D eigenvalue weighted by molar-refractivity contribution is 5.86. The molecule has 6 heteroatoms. The summed E-state index contributed by atoms with van der Waals surface area (Å²) in [5, 5.41) is 3.80. The Kier molecular flexibility index (Phi) is 6.05. The minimum Gasteiger partial charge on any atom is -0.497 e. The van der Waals surface area contributed by atoms with Crippen molar-refractivity contribution in [3.63, 3.8) is 0 Å². The number of carbonyl (C=O) groups excluding carboxylic acids is 1. The molecule has 148 valence electrons. The lowest BCUT2D eigenvalue weighted by molar-refractivity contribution is 0.0169. The van der Waals surface area contributed by atoms with Crippen LogP contribution in [0.3, 0.4) is 0 Å². The number of amides is 1. The van der Waals surface area contributed by atoms with Crippen LogP contribution in [0.4, 0.5) is 4.79 Å². The number of nitrogens with one attached hydrogen (secondary N) is 1. The number of benzene rings is 1. The fourth-order valence-corrected chi connectivity index (χ4v) is 2.97. The van der Waals surface area contributed by atoms with E-state index >= 15 is 0 Å². The predicted octanol–water partition coefficient (Wildman–Crippen LogP) is 3.67. The second kappa shape index (κ2) is 8.49. The molecule has 1 N–H and O–H groups in total. The number of methoxy groups -OCH3 is 1. The first-order valence-electron chi connectivity index (χ1n) is 9.39. The number of rotatable bonds is 2. The average molecular weight is 382 g/mol. The largest absolute Gasteiger partial charge is 0.497 e. The number of alkyl carbamates (subject to hydrolysis) is 1. The van der Waals surface area contributed by atoms with Crippen molar-refractivity contribution >= 4 is 17.0 Å². The van der Waals surface area contributed by atoms with Crippen molar-refractivity contribution < 1.29 is 19.0 Å². The molecule has 6 nitrogen and oxygen atoms in total. The molecular formula is C22H26N2O4. The lowest BCUT2D eigenvalue weighted by Crippen LogP contribution is -2.44. The number of ether oxygens (including phenoxy) is 3. The maximum absolute atomic E-state index is 11.9. The molecule has 1 aromatic heterocycles. The summed E-state index contributed by atoms with van der Waals surface area (Å²) >= 11 is 0. The summed E-state index contributed by atoms with van der Waals surface area (Å²) in [5.74, 6) is 7.18. The second-order valence-electron chi connectivity index (χ2n) is 7.75. The molecule has 2 atom stereocenters. The van der Waals surface area contributed by atoms with Crippen LogP contribution in [0.15, 0.2) is 30.5 Å². The van der Waals surface area contributed by atoms with E-state index < -0.39 is 11.7 Å². The number of nitrogens with zero attached hydrogens (tertiary/aromatic N) is 1. The Hall–Kier alpha value is -2.78. The lowest BCUT2D eigenvalue weighted by atomic mass is 10.0. The quantitative estimate of drug-likeness (QED) is 0.803. The molecule has 2 aromatic rings. The monoisotopic (exact) mass is 382 g/mol. The number of pyridine rings is 1. The molecule has 3 rings (SSSR count). The summed E-state index contributed by atoms with van der Waals surface area (Å²) < 4.78 is 16.4. The van der Waals surface area contributed by atoms with Gasteiger partial charge in [0.25, 0.3) is 0 Å². The van der Waals surface area contributed by atoms with Crippen LogP contribution in [0, 0.1) is 11.8 Å². The fraction of sp³-hybridized carbons (Fsp3) is 0.455. The van der Waals surface area contributed by atoms with Gasteiger partial charge < -0.3 is 19.5 Å². The molecular weight excluding hydrogens is 356 g/mol. The van der Waals surface area contributed by atoms with Gasteiger partial charge in [0.1, 0.15) is 17.5 Å². The highest BCUT2D eigenvalue weighted by Crippen LogP contribution is 2.22. The third kappa shape index (κ3) is 5.37. The molecule has 0 unspecified atom stereocenters. The van der Waals surface area contributed by atoms with Gasteiger partial charge in [-0.05, 0) is 57.9 Å². The molecule has 1 aliphatic heterocycles. The van der Waals surface area contributed by atoms with Crippen LogP contribution >= 0.6 is 0 Å². The Bertz CT molecular complexity index is 900. The van der Waals surface area contributed by atoms with Crippen molar-refractivity contribution in [1.82, 2.24) is 10.3 Å². The van der Waals surface area contributed by atoms with Gasteiger partial charge >= 0.3 is 6.09 Å². The first-order valence-corrected chi connectivity index (χ1v) is 9.39. The topological polar surface area (TPSA) is 69.7 Å². The Balaban J connectivity index is 1.61. The zero-order chi connectivity index (χ0) is 20.1. The van der Waals surface area contributed by atoms with Gasteiger partial charge in [-0.3, -0.25) is 4.98 Å². The Morgan fingerprint density at radius 3 is 2.79 bits per heavy atom. The van der Waals surface area contributed by atoms with Gasteiger partial charge in [-0.15, -0.1) is 0 Å². The summed E-state index contributed by atoms with van der Waals surface area (Å²) in [6.07, 6.45) is 2.72. The van der Waals surface area contributed by atoms with E-state index in [2.05, 4.69) is 22.1 Å². The lowest BCUT2D eigenvalue weighted by Gasteiger charge is -2.28. The summed E-state index contributed by atoms with van der Waals surface area (Å²) in [6, 6.07) is 7.58. The zero-order valence-electron chi connectivity index (χ0n) is 16.7. The van der Waals surface area contributed by atoms with Crippen LogP contribution in [0.25, 0.3) is 10.9 Å². The normalized spacial score (nSPS) is 19.4. The Morgan fingerprint density at radius 2 is 2.11 bits per heavy atom. The Morgan fingerprint density at radius 1 is 1.29 bits per heavy atom. The SMILES string of the molecule is COc1ccc2nccc(C#C[C@@H]3CC[C@@H](NC(=O)OC(C)(C)C)CO3)c2c1. The van der Waals surface area contributed by atoms with E-state index in [0.717, 1.165) is 35.1 Å². The molecule has 1 fully saturated rings. The molecule has 0 radical (unpaired) electrons. The van der Waals surface area contributed by atoms with E-state index in [9.17, 15) is 4.79 Å². The first-order chi connectivity index (χ1) is 13.3. The number of aromatic nitrogens is 1. The molecule has 1 saturated heterocycles. The van der Waals surface area contributed by atoms with Crippen LogP contribution in [0.5, 0.6) is 5.75 Å². The maximum Gasteiger partial charge on any atom is 0.407 e. The fourth-order valence-electron chi connectivity index (χ4n) is 2.97. The highest BCUT2D eigenvalue weighted by atomic mass is 16.6. The minimum atomic E-state index is -0.510. The van der Waals surface area contributed by atoms with Crippen LogP contribution in [-0.4, -0.2) is 42.5 Å². The van der Waals surface area contributed by atoms with Crippen LogP contribution in [-0.2, 0) is 9.47 Å². The van der Waals surface area contributed by atoms with Gasteiger partial charge in [-0.2, -0.15) is 0 Å². The van der Waals surface area contributed by atoms with E-state index in [1.165, 1.54) is 0 Å². The first kappa shape index (κ1) is 20.0. The number of hydrogen-bond acceptors (Lipinski definition) is 5. The number of fused-ring (bicyclic) bond motifs is 1. The van der Waals surface area contributed by atoms with Crippen molar-refractivity contribution in [1.29, 1.82) is 0 Å². The van der Waals surface area contributed by atoms with E-state index in [1.54, 1.807) is 13.3 Å². The van der Waals surface area contributed by atoms with Crippen LogP contribution in [0.2, 0.25) is 0 Å². The predicted molar refractivity (Wildman–Crippen MR) is 107 cm³/mol. The van der Waals surface area contributed by atoms with E-state index in [-0.39, 0.29) is 12.1 Å². The van der Waals surface area contributed by atoms with Gasteiger partial charge in [-0.25, -0.2) is 4.79 Å². The van der Waals surface area contributed by atoms with Crippen molar-refractivity contribution in [2.45, 2.75) is 51.4 Å². The molecule has 0 saturated carbocycles. The highest BCUT2D eigenvalue weighted by Gasteiger charge is 2.24. The molecule has 0 bridgehead atoms. The van der Waals surface area contributed by atoms with Gasteiger partial charge in [0.2, 0.25) is 0 Å².